The molecule has 1 aromatic carbocycles. The zero-order valence-corrected chi connectivity index (χ0v) is 11.6. The molecular formula is C13H14BrN3O. The average molecular weight is 308 g/mol. The second-order valence-electron chi connectivity index (χ2n) is 3.81. The minimum atomic E-state index is 0.000417. The van der Waals surface area contributed by atoms with Gasteiger partial charge >= 0.3 is 0 Å². The molecule has 0 fully saturated rings. The molecule has 0 spiro atoms. The van der Waals surface area contributed by atoms with E-state index >= 15 is 0 Å². The molecule has 4 nitrogen and oxygen atoms in total. The molecule has 0 aliphatic rings. The van der Waals surface area contributed by atoms with Gasteiger partial charge in [0.2, 0.25) is 0 Å². The molecule has 0 radical (unpaired) electrons. The first kappa shape index (κ1) is 13.0. The lowest BCUT2D eigenvalue weighted by Gasteiger charge is -2.18. The quantitative estimate of drug-likeness (QED) is 0.942. The number of hydrogen-bond acceptors (Lipinski definition) is 4. The summed E-state index contributed by atoms with van der Waals surface area (Å²) in [6, 6.07) is 7.75. The predicted octanol–water partition coefficient (Wildman–Crippen LogP) is 2.34. The summed E-state index contributed by atoms with van der Waals surface area (Å²) in [6.07, 6.45) is 3.25. The highest BCUT2D eigenvalue weighted by molar-refractivity contribution is 9.10. The number of halogens is 1. The van der Waals surface area contributed by atoms with E-state index in [1.807, 2.05) is 24.3 Å². The number of rotatable bonds is 4. The fourth-order valence-electron chi connectivity index (χ4n) is 1.89. The van der Waals surface area contributed by atoms with Gasteiger partial charge in [-0.25, -0.2) is 9.97 Å². The summed E-state index contributed by atoms with van der Waals surface area (Å²) in [5, 5.41) is 0. The number of ether oxygens (including phenoxy) is 1. The monoisotopic (exact) mass is 307 g/mol. The molecule has 2 aromatic rings. The summed E-state index contributed by atoms with van der Waals surface area (Å²) in [4.78, 5) is 8.19. The van der Waals surface area contributed by atoms with E-state index in [-0.39, 0.29) is 5.92 Å². The highest BCUT2D eigenvalue weighted by Gasteiger charge is 2.18. The van der Waals surface area contributed by atoms with Crippen LogP contribution in [0, 0.1) is 0 Å². The molecule has 2 N–H and O–H groups in total. The van der Waals surface area contributed by atoms with Gasteiger partial charge in [0.05, 0.1) is 12.8 Å². The van der Waals surface area contributed by atoms with Crippen LogP contribution in [0.1, 0.15) is 17.2 Å². The van der Waals surface area contributed by atoms with E-state index in [0.717, 1.165) is 21.5 Å². The Hall–Kier alpha value is -1.46. The first-order chi connectivity index (χ1) is 8.76. The number of aromatic nitrogens is 2. The van der Waals surface area contributed by atoms with Crippen LogP contribution in [0.2, 0.25) is 0 Å². The third-order valence-electron chi connectivity index (χ3n) is 2.76. The molecule has 2 rings (SSSR count). The van der Waals surface area contributed by atoms with Crippen molar-refractivity contribution in [3.05, 3.63) is 52.5 Å². The second kappa shape index (κ2) is 5.93. The van der Waals surface area contributed by atoms with Crippen molar-refractivity contribution < 1.29 is 4.74 Å². The number of methoxy groups -OCH3 is 1. The fraction of sp³-hybridized carbons (Fsp3) is 0.231. The number of nitrogens with two attached hydrogens (primary N) is 1. The van der Waals surface area contributed by atoms with Gasteiger partial charge < -0.3 is 10.5 Å². The van der Waals surface area contributed by atoms with Crippen molar-refractivity contribution in [2.24, 2.45) is 5.73 Å². The van der Waals surface area contributed by atoms with Crippen LogP contribution >= 0.6 is 15.9 Å². The number of hydrogen-bond donors (Lipinski definition) is 1. The Morgan fingerprint density at radius 3 is 2.83 bits per heavy atom. The summed E-state index contributed by atoms with van der Waals surface area (Å²) in [5.74, 6) is 0.813. The SMILES string of the molecule is COc1ccc(Br)cc1C(CN)c1ccncn1. The Morgan fingerprint density at radius 1 is 1.39 bits per heavy atom. The van der Waals surface area contributed by atoms with E-state index in [1.165, 1.54) is 6.33 Å². The van der Waals surface area contributed by atoms with Crippen molar-refractivity contribution in [2.45, 2.75) is 5.92 Å². The molecule has 18 heavy (non-hydrogen) atoms. The van der Waals surface area contributed by atoms with Gasteiger partial charge in [-0.3, -0.25) is 0 Å². The lowest BCUT2D eigenvalue weighted by molar-refractivity contribution is 0.407. The Morgan fingerprint density at radius 2 is 2.22 bits per heavy atom. The van der Waals surface area contributed by atoms with Crippen LogP contribution in [0.25, 0.3) is 0 Å². The van der Waals surface area contributed by atoms with Crippen molar-refractivity contribution in [2.75, 3.05) is 13.7 Å². The normalized spacial score (nSPS) is 12.2. The van der Waals surface area contributed by atoms with Gasteiger partial charge in [0, 0.05) is 28.7 Å². The smallest absolute Gasteiger partial charge is 0.122 e. The molecule has 0 aliphatic heterocycles. The maximum atomic E-state index is 5.88. The average Bonchev–Trinajstić information content (AvgIpc) is 2.41. The zero-order valence-electron chi connectivity index (χ0n) is 10.0. The molecule has 0 bridgehead atoms. The van der Waals surface area contributed by atoms with Crippen molar-refractivity contribution in [3.63, 3.8) is 0 Å². The van der Waals surface area contributed by atoms with Gasteiger partial charge in [0.1, 0.15) is 12.1 Å². The standard InChI is InChI=1S/C13H14BrN3O/c1-18-13-3-2-9(14)6-10(13)11(7-15)12-4-5-16-8-17-12/h2-6,8,11H,7,15H2,1H3. The Labute approximate surface area is 114 Å². The van der Waals surface area contributed by atoms with Crippen molar-refractivity contribution in [1.82, 2.24) is 9.97 Å². The Bertz CT molecular complexity index is 519. The third-order valence-corrected chi connectivity index (χ3v) is 3.26. The van der Waals surface area contributed by atoms with Gasteiger partial charge in [0.15, 0.2) is 0 Å². The summed E-state index contributed by atoms with van der Waals surface area (Å²) in [5.41, 5.74) is 7.79. The molecule has 1 aromatic heterocycles. The molecule has 0 saturated carbocycles. The third kappa shape index (κ3) is 2.68. The maximum absolute atomic E-state index is 5.88. The van der Waals surface area contributed by atoms with Crippen LogP contribution in [0.15, 0.2) is 41.3 Å². The van der Waals surface area contributed by atoms with E-state index in [1.54, 1.807) is 13.3 Å². The molecule has 94 valence electrons. The fourth-order valence-corrected chi connectivity index (χ4v) is 2.27. The van der Waals surface area contributed by atoms with Crippen molar-refractivity contribution >= 4 is 15.9 Å². The molecule has 1 heterocycles. The highest BCUT2D eigenvalue weighted by atomic mass is 79.9. The largest absolute Gasteiger partial charge is 0.496 e. The van der Waals surface area contributed by atoms with Crippen LogP contribution in [0.5, 0.6) is 5.75 Å². The van der Waals surface area contributed by atoms with Crippen LogP contribution in [0.4, 0.5) is 0 Å². The van der Waals surface area contributed by atoms with Gasteiger partial charge in [-0.2, -0.15) is 0 Å². The summed E-state index contributed by atoms with van der Waals surface area (Å²) in [6.45, 7) is 0.462. The summed E-state index contributed by atoms with van der Waals surface area (Å²) < 4.78 is 6.38. The summed E-state index contributed by atoms with van der Waals surface area (Å²) >= 11 is 3.47. The molecule has 0 amide bonds. The van der Waals surface area contributed by atoms with Crippen LogP contribution in [-0.2, 0) is 0 Å². The molecule has 0 aliphatic carbocycles. The van der Waals surface area contributed by atoms with E-state index in [2.05, 4.69) is 25.9 Å². The molecule has 5 heteroatoms. The minimum absolute atomic E-state index is 0.000417. The zero-order chi connectivity index (χ0) is 13.0. The molecule has 1 atom stereocenters. The van der Waals surface area contributed by atoms with Gasteiger partial charge in [-0.1, -0.05) is 15.9 Å². The molecule has 1 unspecified atom stereocenters. The van der Waals surface area contributed by atoms with Crippen molar-refractivity contribution in [1.29, 1.82) is 0 Å². The van der Waals surface area contributed by atoms with Crippen LogP contribution < -0.4 is 10.5 Å². The molecule has 0 saturated heterocycles. The van der Waals surface area contributed by atoms with Gasteiger partial charge in [0.25, 0.3) is 0 Å². The Balaban J connectivity index is 2.48. The topological polar surface area (TPSA) is 61.0 Å². The Kier molecular flexibility index (Phi) is 4.28. The first-order valence-electron chi connectivity index (χ1n) is 5.55. The lowest BCUT2D eigenvalue weighted by Crippen LogP contribution is -2.16. The second-order valence-corrected chi connectivity index (χ2v) is 4.72. The lowest BCUT2D eigenvalue weighted by atomic mass is 9.95. The summed E-state index contributed by atoms with van der Waals surface area (Å²) in [7, 11) is 1.65. The highest BCUT2D eigenvalue weighted by Crippen LogP contribution is 2.32. The van der Waals surface area contributed by atoms with E-state index in [4.69, 9.17) is 10.5 Å². The van der Waals surface area contributed by atoms with Crippen LogP contribution in [0.3, 0.4) is 0 Å². The predicted molar refractivity (Wildman–Crippen MR) is 73.6 cm³/mol. The van der Waals surface area contributed by atoms with Crippen LogP contribution in [-0.4, -0.2) is 23.6 Å². The molecular weight excluding hydrogens is 294 g/mol. The van der Waals surface area contributed by atoms with Gasteiger partial charge in [-0.15, -0.1) is 0 Å². The minimum Gasteiger partial charge on any atom is -0.496 e. The van der Waals surface area contributed by atoms with Crippen molar-refractivity contribution in [3.8, 4) is 5.75 Å². The first-order valence-corrected chi connectivity index (χ1v) is 6.35. The van der Waals surface area contributed by atoms with E-state index in [0.29, 0.717) is 6.54 Å². The maximum Gasteiger partial charge on any atom is 0.122 e. The van der Waals surface area contributed by atoms with Gasteiger partial charge in [-0.05, 0) is 24.3 Å². The van der Waals surface area contributed by atoms with E-state index < -0.39 is 0 Å². The number of benzene rings is 1. The number of nitrogens with zero attached hydrogens (tertiary/aromatic N) is 2. The van der Waals surface area contributed by atoms with E-state index in [9.17, 15) is 0 Å².